The molecule has 0 unspecified atom stereocenters. The molecule has 0 aromatic carbocycles. The second-order valence-corrected chi connectivity index (χ2v) is 4.37. The Hall–Kier alpha value is -3.09. The molecule has 4 heterocycles. The fourth-order valence-electron chi connectivity index (χ4n) is 1.40. The number of nitrogens with zero attached hydrogens (tertiary/aromatic N) is 3. The molecular formula is C18H29N7. The zero-order chi connectivity index (χ0) is 17.0. The molecule has 0 atom stereocenters. The monoisotopic (exact) mass is 343 g/mol. The molecule has 136 valence electrons. The minimum atomic E-state index is 0. The van der Waals surface area contributed by atoms with E-state index in [1.807, 2.05) is 55.3 Å². The second-order valence-electron chi connectivity index (χ2n) is 4.37. The number of rotatable bonds is 0. The molecule has 0 aliphatic carbocycles. The topological polar surface area (TPSA) is 85.2 Å². The predicted molar refractivity (Wildman–Crippen MR) is 110 cm³/mol. The van der Waals surface area contributed by atoms with Crippen LogP contribution in [0.2, 0.25) is 0 Å². The minimum Gasteiger partial charge on any atom is -0.387 e. The summed E-state index contributed by atoms with van der Waals surface area (Å²) in [4.78, 5) is 11.5. The molecule has 4 aliphatic heterocycles. The van der Waals surface area contributed by atoms with E-state index >= 15 is 0 Å². The van der Waals surface area contributed by atoms with E-state index in [4.69, 9.17) is 0 Å². The predicted octanol–water partition coefficient (Wildman–Crippen LogP) is 1.69. The number of hydrogen-bond acceptors (Lipinski definition) is 7. The van der Waals surface area contributed by atoms with Crippen molar-refractivity contribution in [3.05, 3.63) is 61.4 Å². The molecule has 0 radical (unpaired) electrons. The highest BCUT2D eigenvalue weighted by atomic mass is 15.0. The van der Waals surface area contributed by atoms with Crippen molar-refractivity contribution < 1.29 is 0 Å². The molecule has 4 N–H and O–H groups in total. The Morgan fingerprint density at radius 2 is 1.64 bits per heavy atom. The maximum atomic E-state index is 3.85. The third-order valence-corrected chi connectivity index (χ3v) is 2.47. The largest absolute Gasteiger partial charge is 0.387 e. The smallest absolute Gasteiger partial charge is 0.107 e. The van der Waals surface area contributed by atoms with Crippen molar-refractivity contribution in [2.75, 3.05) is 26.3 Å². The molecule has 0 saturated carbocycles. The number of hydrogen-bond donors (Lipinski definition) is 4. The Morgan fingerprint density at radius 1 is 0.760 bits per heavy atom. The first kappa shape index (κ1) is 21.9. The van der Waals surface area contributed by atoms with Gasteiger partial charge in [-0.05, 0) is 36.8 Å². The lowest BCUT2D eigenvalue weighted by atomic mass is 10.4. The molecule has 0 amide bonds. The van der Waals surface area contributed by atoms with Crippen molar-refractivity contribution in [1.29, 1.82) is 0 Å². The van der Waals surface area contributed by atoms with Crippen molar-refractivity contribution in [2.24, 2.45) is 15.0 Å². The summed E-state index contributed by atoms with van der Waals surface area (Å²) in [6.07, 6.45) is 24.4. The van der Waals surface area contributed by atoms with Crippen molar-refractivity contribution in [1.82, 2.24) is 21.3 Å². The van der Waals surface area contributed by atoms with E-state index < -0.39 is 0 Å². The molecule has 7 heteroatoms. The van der Waals surface area contributed by atoms with E-state index in [1.165, 1.54) is 0 Å². The molecule has 7 nitrogen and oxygen atoms in total. The van der Waals surface area contributed by atoms with Gasteiger partial charge in [-0.25, -0.2) is 0 Å². The van der Waals surface area contributed by atoms with Crippen LogP contribution in [0.25, 0.3) is 0 Å². The Morgan fingerprint density at radius 3 is 1.80 bits per heavy atom. The van der Waals surface area contributed by atoms with Crippen molar-refractivity contribution in [3.8, 4) is 0 Å². The summed E-state index contributed by atoms with van der Waals surface area (Å²) in [6, 6.07) is 0. The van der Waals surface area contributed by atoms with Gasteiger partial charge in [0.1, 0.15) is 6.67 Å². The van der Waals surface area contributed by atoms with Crippen molar-refractivity contribution >= 4 is 18.8 Å². The highest BCUT2D eigenvalue weighted by molar-refractivity contribution is 5.71. The summed E-state index contributed by atoms with van der Waals surface area (Å²) in [7, 11) is 0. The number of allylic oxidation sites excluding steroid dienone is 3. The first-order chi connectivity index (χ1) is 12.0. The van der Waals surface area contributed by atoms with E-state index in [0.29, 0.717) is 0 Å². The van der Waals surface area contributed by atoms with Crippen LogP contribution >= 0.6 is 0 Å². The maximum Gasteiger partial charge on any atom is 0.107 e. The highest BCUT2D eigenvalue weighted by Gasteiger charge is 1.75. The second kappa shape index (κ2) is 19.0. The third kappa shape index (κ3) is 17.1. The quantitative estimate of drug-likeness (QED) is 0.539. The lowest BCUT2D eigenvalue weighted by Gasteiger charge is -1.94. The molecule has 4 rings (SSSR count). The molecule has 25 heavy (non-hydrogen) atoms. The fraction of sp³-hybridized carbons (Fsp3) is 0.278. The molecule has 0 spiro atoms. The summed E-state index contributed by atoms with van der Waals surface area (Å²) in [5.41, 5.74) is 0. The molecule has 0 fully saturated rings. The molecular weight excluding hydrogens is 314 g/mol. The van der Waals surface area contributed by atoms with Crippen LogP contribution in [-0.4, -0.2) is 45.1 Å². The van der Waals surface area contributed by atoms with Crippen LogP contribution in [0.3, 0.4) is 0 Å². The van der Waals surface area contributed by atoms with Crippen molar-refractivity contribution in [2.45, 2.75) is 7.43 Å². The maximum absolute atomic E-state index is 3.85. The highest BCUT2D eigenvalue weighted by Crippen LogP contribution is 1.79. The van der Waals surface area contributed by atoms with Crippen LogP contribution in [0, 0.1) is 0 Å². The van der Waals surface area contributed by atoms with Crippen LogP contribution < -0.4 is 21.3 Å². The van der Waals surface area contributed by atoms with Gasteiger partial charge < -0.3 is 21.3 Å². The third-order valence-electron chi connectivity index (χ3n) is 2.47. The van der Waals surface area contributed by atoms with E-state index in [-0.39, 0.29) is 7.43 Å². The number of nitrogens with one attached hydrogen (secondary N) is 4. The van der Waals surface area contributed by atoms with Crippen molar-refractivity contribution in [3.63, 3.8) is 0 Å². The van der Waals surface area contributed by atoms with Gasteiger partial charge in [0.25, 0.3) is 0 Å². The molecule has 0 aromatic rings. The SMILES string of the molecule is C.C1=CCNC=C1.C1=CNC=NC1.C1=CNCC=N1.C1=CNCN=C1. The zero-order valence-corrected chi connectivity index (χ0v) is 13.7. The van der Waals surface area contributed by atoms with Gasteiger partial charge in [0.05, 0.1) is 12.9 Å². The number of aliphatic imine (C=N–C) groups is 3. The first-order valence-corrected chi connectivity index (χ1v) is 7.73. The minimum absolute atomic E-state index is 0. The summed E-state index contributed by atoms with van der Waals surface area (Å²) in [5.74, 6) is 0. The Bertz CT molecular complexity index is 412. The molecule has 0 aromatic heterocycles. The first-order valence-electron chi connectivity index (χ1n) is 7.73. The van der Waals surface area contributed by atoms with Gasteiger partial charge in [0.2, 0.25) is 0 Å². The fourth-order valence-corrected chi connectivity index (χ4v) is 1.40. The summed E-state index contributed by atoms with van der Waals surface area (Å²) < 4.78 is 0. The van der Waals surface area contributed by atoms with E-state index in [9.17, 15) is 0 Å². The number of dihydropyridines is 1. The van der Waals surface area contributed by atoms with Gasteiger partial charge in [-0.2, -0.15) is 0 Å². The summed E-state index contributed by atoms with van der Waals surface area (Å²) >= 11 is 0. The Balaban J connectivity index is 0.000000303. The van der Waals surface area contributed by atoms with Gasteiger partial charge >= 0.3 is 0 Å². The Labute approximate surface area is 150 Å². The summed E-state index contributed by atoms with van der Waals surface area (Å²) in [6.45, 7) is 3.41. The van der Waals surface area contributed by atoms with E-state index in [1.54, 1.807) is 18.8 Å². The molecule has 0 bridgehead atoms. The van der Waals surface area contributed by atoms with Gasteiger partial charge in [0.15, 0.2) is 0 Å². The average Bonchev–Trinajstić information content (AvgIpc) is 2.75. The average molecular weight is 343 g/mol. The molecule has 0 saturated heterocycles. The van der Waals surface area contributed by atoms with Crippen LogP contribution in [0.15, 0.2) is 76.4 Å². The zero-order valence-electron chi connectivity index (χ0n) is 13.7. The van der Waals surface area contributed by atoms with Gasteiger partial charge in [-0.3, -0.25) is 15.0 Å². The Kier molecular flexibility index (Phi) is 16.6. The van der Waals surface area contributed by atoms with E-state index in [0.717, 1.165) is 26.3 Å². The van der Waals surface area contributed by atoms with Gasteiger partial charge in [-0.15, -0.1) is 0 Å². The normalized spacial score (nSPS) is 16.6. The van der Waals surface area contributed by atoms with Crippen LogP contribution in [0.1, 0.15) is 7.43 Å². The molecule has 4 aliphatic rings. The lowest BCUT2D eigenvalue weighted by Crippen LogP contribution is -2.09. The summed E-state index contributed by atoms with van der Waals surface area (Å²) in [5, 5.41) is 11.7. The van der Waals surface area contributed by atoms with E-state index in [2.05, 4.69) is 42.3 Å². The standard InChI is InChI=1S/C5H7N.3C4H6N2.CH4/c1-2-4-6-5-3-1;1-2-6-4-3-5-1;2*1-2-5-4-6-3-1;/h1-4,6H,5H2;1-3,6H,4H2;1-2,4H,3H2,(H,5,6);1-3,5H,4H2;1H4. The van der Waals surface area contributed by atoms with Gasteiger partial charge in [-0.1, -0.05) is 19.6 Å². The van der Waals surface area contributed by atoms with Gasteiger partial charge in [0, 0.05) is 37.9 Å². The lowest BCUT2D eigenvalue weighted by molar-refractivity contribution is 0.879. The van der Waals surface area contributed by atoms with Crippen LogP contribution in [-0.2, 0) is 0 Å². The van der Waals surface area contributed by atoms with Crippen LogP contribution in [0.5, 0.6) is 0 Å². The van der Waals surface area contributed by atoms with Crippen LogP contribution in [0.4, 0.5) is 0 Å².